The standard InChI is InChI=1S/C12H14Cl2N2O/c13-9-4-3-5-10(14)12(9)15-8-11(17)16-6-1-2-7-16/h3-5,15H,1-2,6-8H2. The minimum Gasteiger partial charge on any atom is -0.374 e. The molecule has 1 amide bonds. The summed E-state index contributed by atoms with van der Waals surface area (Å²) in [5.74, 6) is 0.0958. The van der Waals surface area contributed by atoms with Crippen LogP contribution < -0.4 is 5.32 Å². The van der Waals surface area contributed by atoms with Crippen LogP contribution in [-0.4, -0.2) is 30.4 Å². The van der Waals surface area contributed by atoms with E-state index in [4.69, 9.17) is 23.2 Å². The Morgan fingerprint density at radius 3 is 2.41 bits per heavy atom. The van der Waals surface area contributed by atoms with E-state index in [0.717, 1.165) is 25.9 Å². The third kappa shape index (κ3) is 3.05. The van der Waals surface area contributed by atoms with Gasteiger partial charge in [0.05, 0.1) is 22.3 Å². The van der Waals surface area contributed by atoms with Gasteiger partial charge in [0.2, 0.25) is 5.91 Å². The SMILES string of the molecule is O=C(CNc1c(Cl)cccc1Cl)N1CCCC1. The molecule has 1 aliphatic heterocycles. The van der Waals surface area contributed by atoms with E-state index in [1.165, 1.54) is 0 Å². The second-order valence-electron chi connectivity index (χ2n) is 4.04. The van der Waals surface area contributed by atoms with Crippen LogP contribution in [0.25, 0.3) is 0 Å². The normalized spacial score (nSPS) is 15.1. The van der Waals surface area contributed by atoms with Gasteiger partial charge in [-0.15, -0.1) is 0 Å². The fourth-order valence-electron chi connectivity index (χ4n) is 1.91. The van der Waals surface area contributed by atoms with Crippen LogP contribution in [0.1, 0.15) is 12.8 Å². The van der Waals surface area contributed by atoms with Gasteiger partial charge in [-0.1, -0.05) is 29.3 Å². The van der Waals surface area contributed by atoms with E-state index < -0.39 is 0 Å². The van der Waals surface area contributed by atoms with E-state index in [0.29, 0.717) is 15.7 Å². The first kappa shape index (κ1) is 12.5. The van der Waals surface area contributed by atoms with Crippen molar-refractivity contribution < 1.29 is 4.79 Å². The molecule has 0 atom stereocenters. The molecule has 1 aliphatic rings. The van der Waals surface area contributed by atoms with Crippen molar-refractivity contribution in [1.82, 2.24) is 4.90 Å². The molecule has 1 fully saturated rings. The van der Waals surface area contributed by atoms with Gasteiger partial charge in [0.25, 0.3) is 0 Å². The molecular formula is C12H14Cl2N2O. The molecule has 2 rings (SSSR count). The van der Waals surface area contributed by atoms with E-state index in [1.807, 2.05) is 4.90 Å². The van der Waals surface area contributed by atoms with Crippen LogP contribution in [0.15, 0.2) is 18.2 Å². The van der Waals surface area contributed by atoms with Gasteiger partial charge in [-0.3, -0.25) is 4.79 Å². The zero-order valence-corrected chi connectivity index (χ0v) is 10.9. The summed E-state index contributed by atoms with van der Waals surface area (Å²) in [4.78, 5) is 13.7. The summed E-state index contributed by atoms with van der Waals surface area (Å²) in [5, 5.41) is 4.07. The van der Waals surface area contributed by atoms with E-state index in [2.05, 4.69) is 5.32 Å². The van der Waals surface area contributed by atoms with Gasteiger partial charge in [-0.05, 0) is 25.0 Å². The summed E-state index contributed by atoms with van der Waals surface area (Å²) < 4.78 is 0. The quantitative estimate of drug-likeness (QED) is 0.918. The van der Waals surface area contributed by atoms with Crippen LogP contribution in [0.2, 0.25) is 10.0 Å². The molecule has 0 bridgehead atoms. The smallest absolute Gasteiger partial charge is 0.241 e. The van der Waals surface area contributed by atoms with Gasteiger partial charge in [0.1, 0.15) is 0 Å². The first-order valence-electron chi connectivity index (χ1n) is 5.64. The van der Waals surface area contributed by atoms with E-state index in [9.17, 15) is 4.79 Å². The lowest BCUT2D eigenvalue weighted by Gasteiger charge is -2.16. The summed E-state index contributed by atoms with van der Waals surface area (Å²) in [7, 11) is 0. The maximum atomic E-state index is 11.8. The van der Waals surface area contributed by atoms with Crippen molar-refractivity contribution in [2.45, 2.75) is 12.8 Å². The number of rotatable bonds is 3. The molecule has 0 radical (unpaired) electrons. The number of halogens is 2. The first-order chi connectivity index (χ1) is 8.18. The number of para-hydroxylation sites is 1. The molecule has 5 heteroatoms. The number of hydrogen-bond acceptors (Lipinski definition) is 2. The van der Waals surface area contributed by atoms with Crippen molar-refractivity contribution >= 4 is 34.8 Å². The Bertz CT molecular complexity index is 397. The lowest BCUT2D eigenvalue weighted by Crippen LogP contribution is -2.33. The lowest BCUT2D eigenvalue weighted by molar-refractivity contribution is -0.128. The Morgan fingerprint density at radius 2 is 1.82 bits per heavy atom. The number of amides is 1. The molecule has 1 heterocycles. The molecule has 0 saturated carbocycles. The molecule has 1 aromatic rings. The van der Waals surface area contributed by atoms with E-state index in [-0.39, 0.29) is 12.5 Å². The summed E-state index contributed by atoms with van der Waals surface area (Å²) in [6.07, 6.45) is 2.19. The minimum absolute atomic E-state index is 0.0958. The first-order valence-corrected chi connectivity index (χ1v) is 6.40. The number of nitrogens with zero attached hydrogens (tertiary/aromatic N) is 1. The number of likely N-dealkylation sites (tertiary alicyclic amines) is 1. The highest BCUT2D eigenvalue weighted by atomic mass is 35.5. The predicted molar refractivity (Wildman–Crippen MR) is 70.8 cm³/mol. The molecular weight excluding hydrogens is 259 g/mol. The second-order valence-corrected chi connectivity index (χ2v) is 4.85. The topological polar surface area (TPSA) is 32.3 Å². The van der Waals surface area contributed by atoms with Crippen LogP contribution in [-0.2, 0) is 4.79 Å². The highest BCUT2D eigenvalue weighted by Crippen LogP contribution is 2.29. The molecule has 1 aromatic carbocycles. The highest BCUT2D eigenvalue weighted by Gasteiger charge is 2.17. The maximum absolute atomic E-state index is 11.8. The molecule has 0 aliphatic carbocycles. The Hall–Kier alpha value is -0.930. The fraction of sp³-hybridized carbons (Fsp3) is 0.417. The largest absolute Gasteiger partial charge is 0.374 e. The summed E-state index contributed by atoms with van der Waals surface area (Å²) in [5.41, 5.74) is 0.628. The molecule has 0 unspecified atom stereocenters. The van der Waals surface area contributed by atoms with E-state index in [1.54, 1.807) is 18.2 Å². The number of benzene rings is 1. The molecule has 3 nitrogen and oxygen atoms in total. The van der Waals surface area contributed by atoms with Gasteiger partial charge in [-0.2, -0.15) is 0 Å². The van der Waals surface area contributed by atoms with Crippen molar-refractivity contribution in [2.24, 2.45) is 0 Å². The molecule has 1 N–H and O–H groups in total. The average molecular weight is 273 g/mol. The van der Waals surface area contributed by atoms with Crippen molar-refractivity contribution in [3.8, 4) is 0 Å². The summed E-state index contributed by atoms with van der Waals surface area (Å²) >= 11 is 12.0. The van der Waals surface area contributed by atoms with Crippen LogP contribution in [0.3, 0.4) is 0 Å². The minimum atomic E-state index is 0.0958. The molecule has 92 valence electrons. The predicted octanol–water partition coefficient (Wildman–Crippen LogP) is 3.03. The van der Waals surface area contributed by atoms with Crippen LogP contribution >= 0.6 is 23.2 Å². The van der Waals surface area contributed by atoms with Gasteiger partial charge < -0.3 is 10.2 Å². The van der Waals surface area contributed by atoms with E-state index >= 15 is 0 Å². The summed E-state index contributed by atoms with van der Waals surface area (Å²) in [6.45, 7) is 1.96. The third-order valence-corrected chi connectivity index (χ3v) is 3.47. The number of hydrogen-bond donors (Lipinski definition) is 1. The number of anilines is 1. The summed E-state index contributed by atoms with van der Waals surface area (Å²) in [6, 6.07) is 5.27. The van der Waals surface area contributed by atoms with Gasteiger partial charge in [0, 0.05) is 13.1 Å². The maximum Gasteiger partial charge on any atom is 0.241 e. The Kier molecular flexibility index (Phi) is 4.13. The Balaban J connectivity index is 1.95. The zero-order valence-electron chi connectivity index (χ0n) is 9.38. The van der Waals surface area contributed by atoms with Gasteiger partial charge in [0.15, 0.2) is 0 Å². The average Bonchev–Trinajstić information content (AvgIpc) is 2.81. The molecule has 0 spiro atoms. The lowest BCUT2D eigenvalue weighted by atomic mass is 10.3. The van der Waals surface area contributed by atoms with Crippen LogP contribution in [0.4, 0.5) is 5.69 Å². The molecule has 1 saturated heterocycles. The van der Waals surface area contributed by atoms with Gasteiger partial charge >= 0.3 is 0 Å². The third-order valence-electron chi connectivity index (χ3n) is 2.84. The molecule has 0 aromatic heterocycles. The van der Waals surface area contributed by atoms with Crippen molar-refractivity contribution in [1.29, 1.82) is 0 Å². The second kappa shape index (κ2) is 5.61. The molecule has 17 heavy (non-hydrogen) atoms. The Labute approximate surface area is 111 Å². The monoisotopic (exact) mass is 272 g/mol. The number of nitrogens with one attached hydrogen (secondary N) is 1. The fourth-order valence-corrected chi connectivity index (χ4v) is 2.44. The number of carbonyl (C=O) groups is 1. The number of carbonyl (C=O) groups excluding carboxylic acids is 1. The Morgan fingerprint density at radius 1 is 1.24 bits per heavy atom. The highest BCUT2D eigenvalue weighted by molar-refractivity contribution is 6.39. The van der Waals surface area contributed by atoms with Crippen molar-refractivity contribution in [3.05, 3.63) is 28.2 Å². The zero-order chi connectivity index (χ0) is 12.3. The van der Waals surface area contributed by atoms with Crippen LogP contribution in [0.5, 0.6) is 0 Å². The van der Waals surface area contributed by atoms with Gasteiger partial charge in [-0.25, -0.2) is 0 Å². The van der Waals surface area contributed by atoms with Crippen LogP contribution in [0, 0.1) is 0 Å². The van der Waals surface area contributed by atoms with Crippen molar-refractivity contribution in [3.63, 3.8) is 0 Å². The van der Waals surface area contributed by atoms with Crippen molar-refractivity contribution in [2.75, 3.05) is 25.0 Å².